The molecule has 0 aliphatic heterocycles. The summed E-state index contributed by atoms with van der Waals surface area (Å²) >= 11 is 3.41. The molecule has 0 N–H and O–H groups in total. The highest BCUT2D eigenvalue weighted by Gasteiger charge is 2.10. The summed E-state index contributed by atoms with van der Waals surface area (Å²) < 4.78 is 6.02. The maximum absolute atomic E-state index is 11.7. The number of carbonyl (C=O) groups excluding carboxylic acids is 1. The lowest BCUT2D eigenvalue weighted by atomic mass is 10.1. The summed E-state index contributed by atoms with van der Waals surface area (Å²) in [5, 5.41) is 1.95. The van der Waals surface area contributed by atoms with Gasteiger partial charge in [0, 0.05) is 4.47 Å². The Bertz CT molecular complexity index is 534. The molecule has 2 nitrogen and oxygen atoms in total. The van der Waals surface area contributed by atoms with Crippen molar-refractivity contribution >= 4 is 32.7 Å². The van der Waals surface area contributed by atoms with Gasteiger partial charge in [0.15, 0.2) is 0 Å². The molecule has 0 spiro atoms. The summed E-state index contributed by atoms with van der Waals surface area (Å²) in [6.45, 7) is 2.20. The molecule has 0 fully saturated rings. The van der Waals surface area contributed by atoms with Crippen molar-refractivity contribution in [3.8, 4) is 0 Å². The molecule has 0 saturated heterocycles. The Morgan fingerprint density at radius 3 is 2.88 bits per heavy atom. The number of ether oxygens (including phenoxy) is 1. The lowest BCUT2D eigenvalue weighted by Crippen LogP contribution is -2.04. The quantitative estimate of drug-likeness (QED) is 0.782. The number of hydrogen-bond acceptors (Lipinski definition) is 2. The zero-order chi connectivity index (χ0) is 11.5. The molecule has 0 aliphatic carbocycles. The van der Waals surface area contributed by atoms with Crippen LogP contribution in [0.4, 0.5) is 0 Å². The molecular formula is C13H11BrO2. The fourth-order valence-electron chi connectivity index (χ4n) is 1.64. The van der Waals surface area contributed by atoms with Gasteiger partial charge in [0.1, 0.15) is 0 Å². The Hall–Kier alpha value is -1.35. The second kappa shape index (κ2) is 4.66. The first-order valence-corrected chi connectivity index (χ1v) is 5.87. The van der Waals surface area contributed by atoms with Gasteiger partial charge in [0.05, 0.1) is 12.2 Å². The highest BCUT2D eigenvalue weighted by atomic mass is 79.9. The lowest BCUT2D eigenvalue weighted by molar-refractivity contribution is 0.0528. The van der Waals surface area contributed by atoms with E-state index in [1.54, 1.807) is 13.0 Å². The zero-order valence-corrected chi connectivity index (χ0v) is 10.5. The van der Waals surface area contributed by atoms with Gasteiger partial charge in [-0.15, -0.1) is 0 Å². The molecular weight excluding hydrogens is 268 g/mol. The predicted molar refractivity (Wildman–Crippen MR) is 67.6 cm³/mol. The van der Waals surface area contributed by atoms with Crippen LogP contribution < -0.4 is 0 Å². The van der Waals surface area contributed by atoms with Gasteiger partial charge in [0.2, 0.25) is 0 Å². The maximum Gasteiger partial charge on any atom is 0.338 e. The van der Waals surface area contributed by atoms with Crippen LogP contribution in [0.1, 0.15) is 17.3 Å². The average Bonchev–Trinajstić information content (AvgIpc) is 2.28. The first-order valence-electron chi connectivity index (χ1n) is 5.08. The highest BCUT2D eigenvalue weighted by Crippen LogP contribution is 2.23. The fourth-order valence-corrected chi connectivity index (χ4v) is 2.02. The van der Waals surface area contributed by atoms with Crippen LogP contribution in [0.2, 0.25) is 0 Å². The number of benzene rings is 2. The Labute approximate surface area is 102 Å². The Balaban J connectivity index is 2.58. The number of carbonyl (C=O) groups is 1. The van der Waals surface area contributed by atoms with Crippen molar-refractivity contribution in [2.45, 2.75) is 6.92 Å². The minimum Gasteiger partial charge on any atom is -0.462 e. The number of halogens is 1. The number of rotatable bonds is 2. The van der Waals surface area contributed by atoms with Gasteiger partial charge in [-0.2, -0.15) is 0 Å². The molecule has 2 aromatic carbocycles. The molecule has 2 aromatic rings. The van der Waals surface area contributed by atoms with E-state index in [2.05, 4.69) is 15.9 Å². The van der Waals surface area contributed by atoms with Gasteiger partial charge in [-0.3, -0.25) is 0 Å². The van der Waals surface area contributed by atoms with E-state index in [0.717, 1.165) is 15.2 Å². The van der Waals surface area contributed by atoms with E-state index in [0.29, 0.717) is 12.2 Å². The van der Waals surface area contributed by atoms with Crippen LogP contribution in [-0.4, -0.2) is 12.6 Å². The van der Waals surface area contributed by atoms with Crippen LogP contribution in [0.25, 0.3) is 10.8 Å². The lowest BCUT2D eigenvalue weighted by Gasteiger charge is -2.06. The van der Waals surface area contributed by atoms with Crippen LogP contribution in [0.3, 0.4) is 0 Å². The van der Waals surface area contributed by atoms with Crippen LogP contribution in [0.5, 0.6) is 0 Å². The van der Waals surface area contributed by atoms with Crippen molar-refractivity contribution < 1.29 is 9.53 Å². The van der Waals surface area contributed by atoms with Crippen molar-refractivity contribution in [1.82, 2.24) is 0 Å². The van der Waals surface area contributed by atoms with Gasteiger partial charge in [0.25, 0.3) is 0 Å². The molecule has 2 rings (SSSR count). The second-order valence-electron chi connectivity index (χ2n) is 3.39. The second-order valence-corrected chi connectivity index (χ2v) is 4.31. The van der Waals surface area contributed by atoms with E-state index < -0.39 is 0 Å². The standard InChI is InChI=1S/C13H11BrO2/c1-2-16-13(15)12-5-3-4-9-8-10(14)6-7-11(9)12/h3-8H,2H2,1H3. The Kier molecular flexibility index (Phi) is 3.25. The molecule has 0 saturated carbocycles. The van der Waals surface area contributed by atoms with Crippen molar-refractivity contribution in [1.29, 1.82) is 0 Å². The minimum atomic E-state index is -0.268. The van der Waals surface area contributed by atoms with Crippen molar-refractivity contribution in [3.63, 3.8) is 0 Å². The Morgan fingerprint density at radius 1 is 1.31 bits per heavy atom. The molecule has 82 valence electrons. The molecule has 16 heavy (non-hydrogen) atoms. The third-order valence-corrected chi connectivity index (χ3v) is 2.83. The largest absolute Gasteiger partial charge is 0.462 e. The Morgan fingerprint density at radius 2 is 2.12 bits per heavy atom. The summed E-state index contributed by atoms with van der Waals surface area (Å²) in [5.74, 6) is -0.268. The van der Waals surface area contributed by atoms with Gasteiger partial charge >= 0.3 is 5.97 Å². The van der Waals surface area contributed by atoms with E-state index >= 15 is 0 Å². The van der Waals surface area contributed by atoms with E-state index in [-0.39, 0.29) is 5.97 Å². The first kappa shape index (κ1) is 11.1. The van der Waals surface area contributed by atoms with Crippen molar-refractivity contribution in [2.75, 3.05) is 6.61 Å². The van der Waals surface area contributed by atoms with E-state index in [1.165, 1.54) is 0 Å². The summed E-state index contributed by atoms with van der Waals surface area (Å²) in [5.41, 5.74) is 0.617. The molecule has 3 heteroatoms. The van der Waals surface area contributed by atoms with Gasteiger partial charge in [-0.05, 0) is 35.9 Å². The summed E-state index contributed by atoms with van der Waals surface area (Å²) in [6, 6.07) is 11.5. The van der Waals surface area contributed by atoms with E-state index in [1.807, 2.05) is 30.3 Å². The normalized spacial score (nSPS) is 10.4. The topological polar surface area (TPSA) is 26.3 Å². The molecule has 0 amide bonds. The third kappa shape index (κ3) is 2.09. The molecule has 0 heterocycles. The average molecular weight is 279 g/mol. The summed E-state index contributed by atoms with van der Waals surface area (Å²) in [6.07, 6.45) is 0. The highest BCUT2D eigenvalue weighted by molar-refractivity contribution is 9.10. The molecule has 0 aromatic heterocycles. The van der Waals surface area contributed by atoms with Crippen LogP contribution >= 0.6 is 15.9 Å². The van der Waals surface area contributed by atoms with Gasteiger partial charge < -0.3 is 4.74 Å². The predicted octanol–water partition coefficient (Wildman–Crippen LogP) is 3.78. The SMILES string of the molecule is CCOC(=O)c1cccc2cc(Br)ccc12. The number of hydrogen-bond donors (Lipinski definition) is 0. The molecule has 0 radical (unpaired) electrons. The number of fused-ring (bicyclic) bond motifs is 1. The molecule has 0 bridgehead atoms. The van der Waals surface area contributed by atoms with E-state index in [9.17, 15) is 4.79 Å². The number of esters is 1. The first-order chi connectivity index (χ1) is 7.72. The van der Waals surface area contributed by atoms with Crippen LogP contribution in [-0.2, 0) is 4.74 Å². The van der Waals surface area contributed by atoms with Crippen LogP contribution in [0, 0.1) is 0 Å². The van der Waals surface area contributed by atoms with Crippen molar-refractivity contribution in [3.05, 3.63) is 46.4 Å². The third-order valence-electron chi connectivity index (χ3n) is 2.34. The monoisotopic (exact) mass is 278 g/mol. The molecule has 0 aliphatic rings. The zero-order valence-electron chi connectivity index (χ0n) is 8.87. The summed E-state index contributed by atoms with van der Waals surface area (Å²) in [7, 11) is 0. The van der Waals surface area contributed by atoms with Crippen LogP contribution in [0.15, 0.2) is 40.9 Å². The molecule has 0 unspecified atom stereocenters. The fraction of sp³-hybridized carbons (Fsp3) is 0.154. The van der Waals surface area contributed by atoms with Gasteiger partial charge in [-0.25, -0.2) is 4.79 Å². The van der Waals surface area contributed by atoms with E-state index in [4.69, 9.17) is 4.74 Å². The van der Waals surface area contributed by atoms with Gasteiger partial charge in [-0.1, -0.05) is 34.1 Å². The summed E-state index contributed by atoms with van der Waals surface area (Å²) in [4.78, 5) is 11.7. The smallest absolute Gasteiger partial charge is 0.338 e. The molecule has 0 atom stereocenters. The minimum absolute atomic E-state index is 0.268. The maximum atomic E-state index is 11.7. The van der Waals surface area contributed by atoms with Crippen molar-refractivity contribution in [2.24, 2.45) is 0 Å².